The third kappa shape index (κ3) is 5.03. The summed E-state index contributed by atoms with van der Waals surface area (Å²) in [5, 5.41) is 16.7. The Labute approximate surface area is 216 Å². The summed E-state index contributed by atoms with van der Waals surface area (Å²) in [6.07, 6.45) is 1.62. The number of hydrogen-bond donors (Lipinski definition) is 1. The van der Waals surface area contributed by atoms with Gasteiger partial charge < -0.3 is 4.74 Å². The summed E-state index contributed by atoms with van der Waals surface area (Å²) in [5.41, 5.74) is 3.71. The van der Waals surface area contributed by atoms with Gasteiger partial charge in [0.2, 0.25) is 5.17 Å². The molecule has 0 saturated carbocycles. The second-order valence-corrected chi connectivity index (χ2v) is 9.69. The standard InChI is InChI=1S/C26H18Cl2N4O2S/c1-15-5-7-17(8-6-15)25-31-32-23(29)21(24(33)30-26(32)35-25)12-16-3-2-4-20(11-16)34-14-18-9-10-19(27)13-22(18)28/h2-13,29H,14H2,1H3. The van der Waals surface area contributed by atoms with Crippen LogP contribution in [-0.4, -0.2) is 27.0 Å². The van der Waals surface area contributed by atoms with E-state index in [1.807, 2.05) is 55.5 Å². The lowest BCUT2D eigenvalue weighted by molar-refractivity contribution is -0.114. The Morgan fingerprint density at radius 2 is 1.89 bits per heavy atom. The molecule has 1 N–H and O–H groups in total. The van der Waals surface area contributed by atoms with E-state index in [4.69, 9.17) is 33.3 Å². The molecule has 0 fully saturated rings. The molecule has 1 amide bonds. The number of amides is 1. The molecule has 35 heavy (non-hydrogen) atoms. The average molecular weight is 521 g/mol. The molecular formula is C26H18Cl2N4O2S. The Hall–Kier alpha value is -3.39. The summed E-state index contributed by atoms with van der Waals surface area (Å²) in [6, 6.07) is 20.4. The highest BCUT2D eigenvalue weighted by Crippen LogP contribution is 2.31. The number of fused-ring (bicyclic) bond motifs is 1. The minimum absolute atomic E-state index is 0.0196. The molecule has 0 saturated heterocycles. The quantitative estimate of drug-likeness (QED) is 0.387. The van der Waals surface area contributed by atoms with E-state index in [2.05, 4.69) is 10.1 Å². The van der Waals surface area contributed by atoms with E-state index in [9.17, 15) is 4.79 Å². The fraction of sp³-hybridized carbons (Fsp3) is 0.0769. The van der Waals surface area contributed by atoms with E-state index >= 15 is 0 Å². The van der Waals surface area contributed by atoms with Crippen molar-refractivity contribution in [3.05, 3.63) is 105 Å². The number of hydrogen-bond acceptors (Lipinski definition) is 5. The lowest BCUT2D eigenvalue weighted by atomic mass is 10.1. The molecule has 0 unspecified atom stereocenters. The SMILES string of the molecule is Cc1ccc(C2=NN3C(=N)C(=Cc4cccc(OCc5ccc(Cl)cc5Cl)c4)C(=O)N=C3S2)cc1. The summed E-state index contributed by atoms with van der Waals surface area (Å²) >= 11 is 13.5. The summed E-state index contributed by atoms with van der Waals surface area (Å²) in [4.78, 5) is 16.9. The Kier molecular flexibility index (Phi) is 6.47. The predicted octanol–water partition coefficient (Wildman–Crippen LogP) is 6.55. The number of aryl methyl sites for hydroxylation is 1. The zero-order chi connectivity index (χ0) is 24.5. The van der Waals surface area contributed by atoms with Crippen LogP contribution in [-0.2, 0) is 11.4 Å². The Morgan fingerprint density at radius 1 is 1.09 bits per heavy atom. The second-order valence-electron chi connectivity index (χ2n) is 7.89. The van der Waals surface area contributed by atoms with Gasteiger partial charge in [0.05, 0.1) is 5.57 Å². The van der Waals surface area contributed by atoms with E-state index in [1.165, 1.54) is 16.8 Å². The highest BCUT2D eigenvalue weighted by atomic mass is 35.5. The normalized spacial score (nSPS) is 16.3. The smallest absolute Gasteiger partial charge is 0.283 e. The largest absolute Gasteiger partial charge is 0.489 e. The van der Waals surface area contributed by atoms with Crippen LogP contribution < -0.4 is 4.74 Å². The predicted molar refractivity (Wildman–Crippen MR) is 143 cm³/mol. The second kappa shape index (κ2) is 9.70. The Bertz CT molecular complexity index is 1450. The molecule has 3 aromatic carbocycles. The van der Waals surface area contributed by atoms with Crippen LogP contribution in [0, 0.1) is 12.3 Å². The zero-order valence-electron chi connectivity index (χ0n) is 18.5. The molecule has 2 heterocycles. The summed E-state index contributed by atoms with van der Waals surface area (Å²) in [6.45, 7) is 2.28. The van der Waals surface area contributed by atoms with Gasteiger partial charge in [-0.15, -0.1) is 0 Å². The third-order valence-corrected chi connectivity index (χ3v) is 6.88. The third-order valence-electron chi connectivity index (χ3n) is 5.33. The first-order valence-electron chi connectivity index (χ1n) is 10.6. The van der Waals surface area contributed by atoms with Crippen molar-refractivity contribution < 1.29 is 9.53 Å². The molecule has 0 atom stereocenters. The molecule has 0 aliphatic carbocycles. The van der Waals surface area contributed by atoms with Crippen molar-refractivity contribution in [1.82, 2.24) is 5.01 Å². The first-order valence-corrected chi connectivity index (χ1v) is 12.2. The number of rotatable bonds is 5. The number of thioether (sulfide) groups is 1. The van der Waals surface area contributed by atoms with E-state index < -0.39 is 5.91 Å². The maximum absolute atomic E-state index is 12.8. The van der Waals surface area contributed by atoms with Crippen molar-refractivity contribution >= 4 is 63.0 Å². The average Bonchev–Trinajstić information content (AvgIpc) is 3.26. The molecule has 0 aromatic heterocycles. The molecule has 0 radical (unpaired) electrons. The van der Waals surface area contributed by atoms with E-state index in [1.54, 1.807) is 24.3 Å². The van der Waals surface area contributed by atoms with Gasteiger partial charge in [0.1, 0.15) is 17.4 Å². The van der Waals surface area contributed by atoms with Crippen LogP contribution in [0.1, 0.15) is 22.3 Å². The van der Waals surface area contributed by atoms with Gasteiger partial charge in [0, 0.05) is 21.2 Å². The lowest BCUT2D eigenvalue weighted by Gasteiger charge is -2.20. The monoisotopic (exact) mass is 520 g/mol. The Morgan fingerprint density at radius 3 is 2.66 bits per heavy atom. The fourth-order valence-electron chi connectivity index (χ4n) is 3.47. The van der Waals surface area contributed by atoms with Crippen LogP contribution in [0.3, 0.4) is 0 Å². The minimum Gasteiger partial charge on any atom is -0.489 e. The van der Waals surface area contributed by atoms with E-state index in [0.717, 1.165) is 16.7 Å². The molecular weight excluding hydrogens is 503 g/mol. The van der Waals surface area contributed by atoms with Crippen molar-refractivity contribution in [2.45, 2.75) is 13.5 Å². The lowest BCUT2D eigenvalue weighted by Crippen LogP contribution is -2.35. The summed E-state index contributed by atoms with van der Waals surface area (Å²) in [5.74, 6) is 0.100. The molecule has 0 bridgehead atoms. The minimum atomic E-state index is -0.478. The topological polar surface area (TPSA) is 78.1 Å². The number of nitrogens with one attached hydrogen (secondary N) is 1. The first-order chi connectivity index (χ1) is 16.9. The van der Waals surface area contributed by atoms with Gasteiger partial charge in [0.25, 0.3) is 5.91 Å². The van der Waals surface area contributed by atoms with Crippen LogP contribution in [0.25, 0.3) is 6.08 Å². The van der Waals surface area contributed by atoms with Gasteiger partial charge in [-0.3, -0.25) is 10.2 Å². The maximum Gasteiger partial charge on any atom is 0.283 e. The molecule has 2 aliphatic rings. The number of nitrogens with zero attached hydrogens (tertiary/aromatic N) is 3. The molecule has 174 valence electrons. The van der Waals surface area contributed by atoms with Crippen LogP contribution in [0.4, 0.5) is 0 Å². The number of aliphatic imine (C=N–C) groups is 1. The fourth-order valence-corrected chi connectivity index (χ4v) is 4.83. The van der Waals surface area contributed by atoms with Gasteiger partial charge in [-0.05, 0) is 54.6 Å². The number of amidine groups is 2. The molecule has 6 nitrogen and oxygen atoms in total. The number of ether oxygens (including phenoxy) is 1. The molecule has 5 rings (SSSR count). The first kappa shape index (κ1) is 23.4. The Balaban J connectivity index is 1.36. The van der Waals surface area contributed by atoms with Crippen LogP contribution in [0.2, 0.25) is 10.0 Å². The number of benzene rings is 3. The van der Waals surface area contributed by atoms with Crippen molar-refractivity contribution in [3.8, 4) is 5.75 Å². The van der Waals surface area contributed by atoms with Crippen LogP contribution in [0.5, 0.6) is 5.75 Å². The van der Waals surface area contributed by atoms with Gasteiger partial charge in [-0.1, -0.05) is 71.2 Å². The highest BCUT2D eigenvalue weighted by molar-refractivity contribution is 8.27. The summed E-state index contributed by atoms with van der Waals surface area (Å²) in [7, 11) is 0. The van der Waals surface area contributed by atoms with Crippen molar-refractivity contribution in [2.24, 2.45) is 10.1 Å². The van der Waals surface area contributed by atoms with Gasteiger partial charge in [-0.25, -0.2) is 0 Å². The number of carbonyl (C=O) groups excluding carboxylic acids is 1. The molecule has 9 heteroatoms. The number of halogens is 2. The number of hydrazone groups is 1. The van der Waals surface area contributed by atoms with Crippen molar-refractivity contribution in [3.63, 3.8) is 0 Å². The van der Waals surface area contributed by atoms with Gasteiger partial charge in [0.15, 0.2) is 5.84 Å². The van der Waals surface area contributed by atoms with Gasteiger partial charge in [-0.2, -0.15) is 15.1 Å². The van der Waals surface area contributed by atoms with E-state index in [0.29, 0.717) is 31.6 Å². The number of carbonyl (C=O) groups is 1. The van der Waals surface area contributed by atoms with Crippen LogP contribution >= 0.6 is 35.0 Å². The zero-order valence-corrected chi connectivity index (χ0v) is 20.8. The van der Waals surface area contributed by atoms with Crippen LogP contribution in [0.15, 0.2) is 82.4 Å². The molecule has 2 aliphatic heterocycles. The summed E-state index contributed by atoms with van der Waals surface area (Å²) < 4.78 is 5.88. The molecule has 3 aromatic rings. The highest BCUT2D eigenvalue weighted by Gasteiger charge is 2.36. The molecule has 0 spiro atoms. The van der Waals surface area contributed by atoms with Crippen molar-refractivity contribution in [2.75, 3.05) is 0 Å². The van der Waals surface area contributed by atoms with Gasteiger partial charge >= 0.3 is 0 Å². The maximum atomic E-state index is 12.8. The van der Waals surface area contributed by atoms with E-state index in [-0.39, 0.29) is 18.0 Å². The van der Waals surface area contributed by atoms with Crippen molar-refractivity contribution in [1.29, 1.82) is 5.41 Å².